The molecular formula is C11H12N2O5S. The summed E-state index contributed by atoms with van der Waals surface area (Å²) in [7, 11) is -3.74. The van der Waals surface area contributed by atoms with Gasteiger partial charge in [-0.25, -0.2) is 13.4 Å². The number of hydrogen-bond donors (Lipinski definition) is 0. The molecule has 102 valence electrons. The summed E-state index contributed by atoms with van der Waals surface area (Å²) in [5, 5.41) is 10.9. The molecule has 19 heavy (non-hydrogen) atoms. The van der Waals surface area contributed by atoms with Crippen molar-refractivity contribution in [3.63, 3.8) is 0 Å². The fourth-order valence-electron chi connectivity index (χ4n) is 1.53. The Morgan fingerprint density at radius 1 is 1.47 bits per heavy atom. The maximum Gasteiger partial charge on any atom is 0.288 e. The van der Waals surface area contributed by atoms with Gasteiger partial charge in [-0.3, -0.25) is 14.9 Å². The van der Waals surface area contributed by atoms with Crippen LogP contribution in [-0.2, 0) is 9.84 Å². The van der Waals surface area contributed by atoms with Crippen LogP contribution >= 0.6 is 0 Å². The van der Waals surface area contributed by atoms with Crippen LogP contribution in [0.4, 0.5) is 5.69 Å². The summed E-state index contributed by atoms with van der Waals surface area (Å²) in [6.07, 6.45) is 0. The third-order valence-corrected chi connectivity index (χ3v) is 4.35. The van der Waals surface area contributed by atoms with Gasteiger partial charge in [-0.2, -0.15) is 0 Å². The first-order valence-corrected chi connectivity index (χ1v) is 6.92. The molecule has 1 amide bonds. The molecule has 0 unspecified atom stereocenters. The highest BCUT2D eigenvalue weighted by Crippen LogP contribution is 2.28. The number of rotatable bonds is 4. The van der Waals surface area contributed by atoms with E-state index in [0.29, 0.717) is 5.56 Å². The Bertz CT molecular complexity index is 664. The van der Waals surface area contributed by atoms with Crippen molar-refractivity contribution in [3.05, 3.63) is 33.4 Å². The molecule has 0 N–H and O–H groups in total. The Kier molecular flexibility index (Phi) is 4.15. The molecule has 0 spiro atoms. The predicted molar refractivity (Wildman–Crippen MR) is 69.4 cm³/mol. The fourth-order valence-corrected chi connectivity index (χ4v) is 2.65. The maximum absolute atomic E-state index is 11.8. The van der Waals surface area contributed by atoms with Crippen LogP contribution in [0.2, 0.25) is 0 Å². The minimum atomic E-state index is -3.74. The van der Waals surface area contributed by atoms with E-state index < -0.39 is 31.3 Å². The highest BCUT2D eigenvalue weighted by Gasteiger charge is 2.27. The van der Waals surface area contributed by atoms with Gasteiger partial charge in [0.05, 0.1) is 16.2 Å². The van der Waals surface area contributed by atoms with Gasteiger partial charge in [0.25, 0.3) is 11.6 Å². The minimum Gasteiger partial charge on any atom is -0.267 e. The number of sulfone groups is 1. The summed E-state index contributed by atoms with van der Waals surface area (Å²) in [5.41, 5.74) is -0.355. The van der Waals surface area contributed by atoms with E-state index in [1.54, 1.807) is 0 Å². The second kappa shape index (κ2) is 5.27. The van der Waals surface area contributed by atoms with Gasteiger partial charge in [-0.15, -0.1) is 0 Å². The zero-order chi connectivity index (χ0) is 14.8. The van der Waals surface area contributed by atoms with Gasteiger partial charge in [-0.1, -0.05) is 6.92 Å². The molecule has 0 aliphatic rings. The molecule has 0 bridgehead atoms. The van der Waals surface area contributed by atoms with E-state index in [-0.39, 0.29) is 11.3 Å². The number of carbonyl (C=O) groups is 1. The van der Waals surface area contributed by atoms with Crippen molar-refractivity contribution in [1.82, 2.24) is 0 Å². The first kappa shape index (κ1) is 15.0. The van der Waals surface area contributed by atoms with E-state index >= 15 is 0 Å². The fraction of sp³-hybridized carbons (Fsp3) is 0.273. The lowest BCUT2D eigenvalue weighted by molar-refractivity contribution is -0.387. The predicted octanol–water partition coefficient (Wildman–Crippen LogP) is 1.54. The zero-order valence-corrected chi connectivity index (χ0v) is 11.2. The van der Waals surface area contributed by atoms with Crippen LogP contribution in [0.5, 0.6) is 0 Å². The highest BCUT2D eigenvalue weighted by atomic mass is 32.2. The zero-order valence-electron chi connectivity index (χ0n) is 10.4. The number of hydrogen-bond acceptors (Lipinski definition) is 5. The first-order chi connectivity index (χ1) is 8.74. The molecule has 0 radical (unpaired) electrons. The number of nitro benzene ring substituents is 1. The van der Waals surface area contributed by atoms with Crippen molar-refractivity contribution in [2.75, 3.05) is 5.75 Å². The number of aliphatic imine (C=N–C) groups is 1. The second-order valence-corrected chi connectivity index (χ2v) is 6.01. The maximum atomic E-state index is 11.8. The lowest BCUT2D eigenvalue weighted by atomic mass is 10.1. The van der Waals surface area contributed by atoms with Crippen LogP contribution in [-0.4, -0.2) is 31.7 Å². The van der Waals surface area contributed by atoms with Crippen molar-refractivity contribution in [2.45, 2.75) is 18.7 Å². The van der Waals surface area contributed by atoms with Crippen molar-refractivity contribution < 1.29 is 18.1 Å². The Morgan fingerprint density at radius 3 is 2.47 bits per heavy atom. The smallest absolute Gasteiger partial charge is 0.267 e. The third-order valence-electron chi connectivity index (χ3n) is 2.59. The normalized spacial score (nSPS) is 11.1. The summed E-state index contributed by atoms with van der Waals surface area (Å²) >= 11 is 0. The summed E-state index contributed by atoms with van der Waals surface area (Å²) in [6, 6.07) is 2.05. The molecule has 0 atom stereocenters. The van der Waals surface area contributed by atoms with Crippen LogP contribution in [0.3, 0.4) is 0 Å². The molecule has 0 aromatic heterocycles. The molecular weight excluding hydrogens is 272 g/mol. The van der Waals surface area contributed by atoms with Crippen LogP contribution in [0.25, 0.3) is 0 Å². The molecule has 0 fully saturated rings. The van der Waals surface area contributed by atoms with Gasteiger partial charge in [0.15, 0.2) is 9.84 Å². The SMILES string of the molecule is C=NC(=O)c1cc([N+](=O)[O-])c(S(=O)(=O)CC)cc1C. The highest BCUT2D eigenvalue weighted by molar-refractivity contribution is 7.91. The average Bonchev–Trinajstić information content (AvgIpc) is 2.37. The summed E-state index contributed by atoms with van der Waals surface area (Å²) in [6.45, 7) is 5.92. The van der Waals surface area contributed by atoms with Gasteiger partial charge in [-0.05, 0) is 25.3 Å². The average molecular weight is 284 g/mol. The van der Waals surface area contributed by atoms with E-state index in [1.807, 2.05) is 0 Å². The van der Waals surface area contributed by atoms with E-state index in [4.69, 9.17) is 0 Å². The molecule has 0 aliphatic carbocycles. The van der Waals surface area contributed by atoms with Crippen LogP contribution < -0.4 is 0 Å². The molecule has 7 nitrogen and oxygen atoms in total. The van der Waals surface area contributed by atoms with Gasteiger partial charge in [0.1, 0.15) is 4.90 Å². The van der Waals surface area contributed by atoms with E-state index in [0.717, 1.165) is 12.1 Å². The number of nitro groups is 1. The van der Waals surface area contributed by atoms with E-state index in [2.05, 4.69) is 11.7 Å². The molecule has 1 rings (SSSR count). The van der Waals surface area contributed by atoms with Crippen LogP contribution in [0.15, 0.2) is 22.0 Å². The standard InChI is InChI=1S/C11H12N2O5S/c1-4-19(17,18)10-5-7(2)8(11(14)12-3)6-9(10)13(15)16/h5-6H,3-4H2,1-2H3. The monoisotopic (exact) mass is 284 g/mol. The Hall–Kier alpha value is -2.09. The van der Waals surface area contributed by atoms with Crippen molar-refractivity contribution in [2.24, 2.45) is 4.99 Å². The van der Waals surface area contributed by atoms with Crippen molar-refractivity contribution in [3.8, 4) is 0 Å². The molecule has 8 heteroatoms. The largest absolute Gasteiger partial charge is 0.288 e. The molecule has 1 aromatic carbocycles. The molecule has 0 saturated carbocycles. The van der Waals surface area contributed by atoms with Gasteiger partial charge in [0.2, 0.25) is 0 Å². The van der Waals surface area contributed by atoms with Gasteiger partial charge >= 0.3 is 0 Å². The topological polar surface area (TPSA) is 107 Å². The number of nitrogens with zero attached hydrogens (tertiary/aromatic N) is 2. The van der Waals surface area contributed by atoms with Crippen molar-refractivity contribution in [1.29, 1.82) is 0 Å². The Labute approximate surface area is 110 Å². The molecule has 1 aromatic rings. The summed E-state index contributed by atoms with van der Waals surface area (Å²) in [4.78, 5) is 24.3. The summed E-state index contributed by atoms with van der Waals surface area (Å²) in [5.74, 6) is -0.999. The van der Waals surface area contributed by atoms with E-state index in [1.165, 1.54) is 13.8 Å². The van der Waals surface area contributed by atoms with Gasteiger partial charge < -0.3 is 0 Å². The quantitative estimate of drug-likeness (QED) is 0.473. The summed E-state index contributed by atoms with van der Waals surface area (Å²) < 4.78 is 23.6. The van der Waals surface area contributed by atoms with E-state index in [9.17, 15) is 23.3 Å². The van der Waals surface area contributed by atoms with Crippen LogP contribution in [0.1, 0.15) is 22.8 Å². The number of amides is 1. The molecule has 0 saturated heterocycles. The van der Waals surface area contributed by atoms with Crippen LogP contribution in [0, 0.1) is 17.0 Å². The molecule has 0 heterocycles. The lowest BCUT2D eigenvalue weighted by Crippen LogP contribution is -2.10. The third kappa shape index (κ3) is 2.84. The lowest BCUT2D eigenvalue weighted by Gasteiger charge is -2.07. The number of aryl methyl sites for hydroxylation is 1. The molecule has 0 aliphatic heterocycles. The second-order valence-electron chi connectivity index (χ2n) is 3.76. The first-order valence-electron chi connectivity index (χ1n) is 5.27. The number of carbonyl (C=O) groups excluding carboxylic acids is 1. The minimum absolute atomic E-state index is 0.0308. The van der Waals surface area contributed by atoms with Crippen molar-refractivity contribution >= 4 is 28.1 Å². The Balaban J connectivity index is 3.69. The Morgan fingerprint density at radius 2 is 2.05 bits per heavy atom. The number of benzene rings is 1. The van der Waals surface area contributed by atoms with Gasteiger partial charge in [0, 0.05) is 6.07 Å².